The lowest BCUT2D eigenvalue weighted by Crippen LogP contribution is -3.00. The number of nitrogens with zero attached hydrogens (tertiary/aromatic N) is 1. The number of hydrogen-bond acceptors (Lipinski definition) is 1. The highest BCUT2D eigenvalue weighted by atomic mass is 79.9. The van der Waals surface area contributed by atoms with Crippen LogP contribution in [0.4, 0.5) is 0 Å². The minimum atomic E-state index is 0. The quantitative estimate of drug-likeness (QED) is 0.396. The van der Waals surface area contributed by atoms with Crippen molar-refractivity contribution in [2.24, 2.45) is 0 Å². The summed E-state index contributed by atoms with van der Waals surface area (Å²) < 4.78 is 6.79. The van der Waals surface area contributed by atoms with Crippen molar-refractivity contribution in [2.75, 3.05) is 27.7 Å². The fraction of sp³-hybridized carbons (Fsp3) is 0.700. The van der Waals surface area contributed by atoms with Crippen LogP contribution in [0.5, 0.6) is 5.75 Å². The number of halogens is 1. The van der Waals surface area contributed by atoms with Crippen LogP contribution in [0.3, 0.4) is 0 Å². The zero-order chi connectivity index (χ0) is 16.3. The highest BCUT2D eigenvalue weighted by molar-refractivity contribution is 5.26. The van der Waals surface area contributed by atoms with Crippen LogP contribution in [0, 0.1) is 0 Å². The molecule has 2 nitrogen and oxygen atoms in total. The second-order valence-corrected chi connectivity index (χ2v) is 7.42. The predicted octanol–water partition coefficient (Wildman–Crippen LogP) is 2.42. The molecule has 0 aliphatic heterocycles. The standard InChI is InChI=1S/C20H36NO.BrH/c1-5-6-7-8-9-10-11-12-17-22-20-15-13-19(14-16-20)18-21(2,3)4;/h13-16H,5-12,17-18H2,1-4H3;1H/q+1;/p-1. The Morgan fingerprint density at radius 1 is 0.783 bits per heavy atom. The van der Waals surface area contributed by atoms with Crippen LogP contribution in [0.15, 0.2) is 24.3 Å². The van der Waals surface area contributed by atoms with E-state index in [9.17, 15) is 0 Å². The number of quaternary nitrogens is 1. The Morgan fingerprint density at radius 2 is 1.30 bits per heavy atom. The summed E-state index contributed by atoms with van der Waals surface area (Å²) in [6, 6.07) is 8.59. The summed E-state index contributed by atoms with van der Waals surface area (Å²) in [5.74, 6) is 1.01. The molecule has 0 aliphatic rings. The molecule has 3 heteroatoms. The maximum absolute atomic E-state index is 5.83. The predicted molar refractivity (Wildman–Crippen MR) is 96.3 cm³/mol. The summed E-state index contributed by atoms with van der Waals surface area (Å²) >= 11 is 0. The summed E-state index contributed by atoms with van der Waals surface area (Å²) in [7, 11) is 6.64. The summed E-state index contributed by atoms with van der Waals surface area (Å²) in [6.45, 7) is 4.17. The van der Waals surface area contributed by atoms with Gasteiger partial charge in [-0.15, -0.1) is 0 Å². The molecule has 1 aromatic carbocycles. The smallest absolute Gasteiger partial charge is 0.119 e. The average molecular weight is 386 g/mol. The third-order valence-electron chi connectivity index (χ3n) is 3.85. The zero-order valence-electron chi connectivity index (χ0n) is 15.6. The van der Waals surface area contributed by atoms with Crippen molar-refractivity contribution < 1.29 is 26.2 Å². The van der Waals surface area contributed by atoms with E-state index in [-0.39, 0.29) is 17.0 Å². The number of benzene rings is 1. The van der Waals surface area contributed by atoms with E-state index in [2.05, 4.69) is 52.3 Å². The van der Waals surface area contributed by atoms with Crippen LogP contribution in [0.25, 0.3) is 0 Å². The Bertz CT molecular complexity index is 384. The highest BCUT2D eigenvalue weighted by Crippen LogP contribution is 2.15. The first-order chi connectivity index (χ1) is 10.5. The Morgan fingerprint density at radius 3 is 1.83 bits per heavy atom. The molecular weight excluding hydrogens is 350 g/mol. The van der Waals surface area contributed by atoms with E-state index < -0.39 is 0 Å². The zero-order valence-corrected chi connectivity index (χ0v) is 17.2. The molecule has 0 bridgehead atoms. The maximum atomic E-state index is 5.83. The van der Waals surface area contributed by atoms with Gasteiger partial charge in [0.1, 0.15) is 12.3 Å². The number of unbranched alkanes of at least 4 members (excludes halogenated alkanes) is 7. The van der Waals surface area contributed by atoms with Gasteiger partial charge < -0.3 is 26.2 Å². The van der Waals surface area contributed by atoms with Crippen molar-refractivity contribution >= 4 is 0 Å². The van der Waals surface area contributed by atoms with Crippen LogP contribution in [-0.2, 0) is 6.54 Å². The normalized spacial score (nSPS) is 11.1. The van der Waals surface area contributed by atoms with Crippen LogP contribution < -0.4 is 21.7 Å². The van der Waals surface area contributed by atoms with E-state index >= 15 is 0 Å². The molecular formula is C20H36BrNO. The van der Waals surface area contributed by atoms with Crippen molar-refractivity contribution in [3.63, 3.8) is 0 Å². The van der Waals surface area contributed by atoms with Crippen molar-refractivity contribution in [3.8, 4) is 5.75 Å². The molecule has 0 N–H and O–H groups in total. The second kappa shape index (κ2) is 12.8. The van der Waals surface area contributed by atoms with Gasteiger partial charge in [0.25, 0.3) is 0 Å². The maximum Gasteiger partial charge on any atom is 0.119 e. The molecule has 0 heterocycles. The SMILES string of the molecule is CCCCCCCCCCOc1ccc(C[N+](C)(C)C)cc1.[Br-]. The average Bonchev–Trinajstić information content (AvgIpc) is 2.46. The molecule has 0 saturated heterocycles. The van der Waals surface area contributed by atoms with Crippen molar-refractivity contribution in [1.29, 1.82) is 0 Å². The molecule has 0 unspecified atom stereocenters. The summed E-state index contributed by atoms with van der Waals surface area (Å²) in [4.78, 5) is 0. The van der Waals surface area contributed by atoms with Crippen molar-refractivity contribution in [1.82, 2.24) is 0 Å². The van der Waals surface area contributed by atoms with E-state index in [0.29, 0.717) is 0 Å². The molecule has 1 aromatic rings. The molecule has 0 spiro atoms. The van der Waals surface area contributed by atoms with E-state index in [1.165, 1.54) is 56.9 Å². The van der Waals surface area contributed by atoms with Gasteiger partial charge in [-0.3, -0.25) is 0 Å². The van der Waals surface area contributed by atoms with E-state index in [1.807, 2.05) is 0 Å². The van der Waals surface area contributed by atoms with Crippen molar-refractivity contribution in [3.05, 3.63) is 29.8 Å². The molecule has 0 radical (unpaired) electrons. The van der Waals surface area contributed by atoms with E-state index in [0.717, 1.165) is 23.4 Å². The van der Waals surface area contributed by atoms with Gasteiger partial charge in [-0.2, -0.15) is 0 Å². The molecule has 1 rings (SSSR count). The van der Waals surface area contributed by atoms with Gasteiger partial charge in [0, 0.05) is 5.56 Å². The largest absolute Gasteiger partial charge is 1.00 e. The summed E-state index contributed by atoms with van der Waals surface area (Å²) in [5.41, 5.74) is 1.37. The van der Waals surface area contributed by atoms with Crippen molar-refractivity contribution in [2.45, 2.75) is 64.8 Å². The Hall–Kier alpha value is -0.540. The monoisotopic (exact) mass is 385 g/mol. The molecule has 0 saturated carbocycles. The minimum Gasteiger partial charge on any atom is -1.00 e. The van der Waals surface area contributed by atoms with Gasteiger partial charge in [0.05, 0.1) is 27.7 Å². The van der Waals surface area contributed by atoms with E-state index in [1.54, 1.807) is 0 Å². The van der Waals surface area contributed by atoms with Crippen LogP contribution in [0.2, 0.25) is 0 Å². The highest BCUT2D eigenvalue weighted by Gasteiger charge is 2.08. The van der Waals surface area contributed by atoms with Gasteiger partial charge in [-0.05, 0) is 30.7 Å². The molecule has 0 fully saturated rings. The van der Waals surface area contributed by atoms with Gasteiger partial charge in [-0.25, -0.2) is 0 Å². The lowest BCUT2D eigenvalue weighted by molar-refractivity contribution is -0.884. The topological polar surface area (TPSA) is 9.23 Å². The minimum absolute atomic E-state index is 0. The Labute approximate surface area is 154 Å². The van der Waals surface area contributed by atoms with Crippen LogP contribution in [0.1, 0.15) is 63.9 Å². The van der Waals surface area contributed by atoms with Crippen LogP contribution in [-0.4, -0.2) is 32.2 Å². The summed E-state index contributed by atoms with van der Waals surface area (Å²) in [6.07, 6.45) is 10.8. The Balaban J connectivity index is 0.00000484. The third kappa shape index (κ3) is 12.5. The molecule has 0 aliphatic carbocycles. The molecule has 0 amide bonds. The second-order valence-electron chi connectivity index (χ2n) is 7.42. The Kier molecular flexibility index (Phi) is 12.5. The first kappa shape index (κ1) is 22.5. The molecule has 0 aromatic heterocycles. The first-order valence-electron chi connectivity index (χ1n) is 9.03. The van der Waals surface area contributed by atoms with Gasteiger partial charge >= 0.3 is 0 Å². The fourth-order valence-corrected chi connectivity index (χ4v) is 2.66. The third-order valence-corrected chi connectivity index (χ3v) is 3.85. The lowest BCUT2D eigenvalue weighted by atomic mass is 10.1. The fourth-order valence-electron chi connectivity index (χ4n) is 2.66. The first-order valence-corrected chi connectivity index (χ1v) is 9.03. The number of rotatable bonds is 12. The molecule has 134 valence electrons. The van der Waals surface area contributed by atoms with Gasteiger partial charge in [0.15, 0.2) is 0 Å². The van der Waals surface area contributed by atoms with Crippen LogP contribution >= 0.6 is 0 Å². The summed E-state index contributed by atoms with van der Waals surface area (Å²) in [5, 5.41) is 0. The molecule has 23 heavy (non-hydrogen) atoms. The number of ether oxygens (including phenoxy) is 1. The van der Waals surface area contributed by atoms with Gasteiger partial charge in [-0.1, -0.05) is 51.9 Å². The van der Waals surface area contributed by atoms with Gasteiger partial charge in [0.2, 0.25) is 0 Å². The molecule has 0 atom stereocenters. The lowest BCUT2D eigenvalue weighted by Gasteiger charge is -2.23. The number of hydrogen-bond donors (Lipinski definition) is 0. The van der Waals surface area contributed by atoms with E-state index in [4.69, 9.17) is 4.74 Å².